The van der Waals surface area contributed by atoms with Gasteiger partial charge < -0.3 is 26.4 Å². The van der Waals surface area contributed by atoms with E-state index in [-0.39, 0.29) is 6.54 Å². The number of carbonyl (C=O) groups is 3. The van der Waals surface area contributed by atoms with Gasteiger partial charge in [0.2, 0.25) is 0 Å². The number of hydrogen-bond donors (Lipinski definition) is 4. The van der Waals surface area contributed by atoms with Gasteiger partial charge in [-0.2, -0.15) is 0 Å². The summed E-state index contributed by atoms with van der Waals surface area (Å²) in [5, 5.41) is 18.7. The predicted molar refractivity (Wildman–Crippen MR) is 71.2 cm³/mol. The minimum Gasteiger partial charge on any atom is -0.509 e. The standard InChI is InChI=1S/C12H19N3O6/c1-12(2,3)21-11(20)15-5(4-13)7(14)8(16)6(9(15)17)10(18)19/h5,7,16H,4,13-14H2,1-3H3,(H,18,19). The number of aliphatic hydroxyl groups is 1. The van der Waals surface area contributed by atoms with E-state index >= 15 is 0 Å². The average molecular weight is 301 g/mol. The van der Waals surface area contributed by atoms with E-state index in [1.165, 1.54) is 0 Å². The van der Waals surface area contributed by atoms with Crippen LogP contribution in [0.25, 0.3) is 0 Å². The van der Waals surface area contributed by atoms with Gasteiger partial charge >= 0.3 is 12.1 Å². The number of imide groups is 1. The molecule has 0 saturated carbocycles. The van der Waals surface area contributed by atoms with Crippen LogP contribution in [0.5, 0.6) is 0 Å². The van der Waals surface area contributed by atoms with Gasteiger partial charge in [-0.25, -0.2) is 14.5 Å². The Morgan fingerprint density at radius 3 is 2.29 bits per heavy atom. The van der Waals surface area contributed by atoms with Crippen LogP contribution in [-0.4, -0.2) is 57.3 Å². The molecule has 0 radical (unpaired) electrons. The van der Waals surface area contributed by atoms with Crippen LogP contribution in [0.3, 0.4) is 0 Å². The Kier molecular flexibility index (Phi) is 4.59. The Bertz CT molecular complexity index is 508. The van der Waals surface area contributed by atoms with Crippen LogP contribution in [0.15, 0.2) is 11.3 Å². The lowest BCUT2D eigenvalue weighted by atomic mass is 9.95. The summed E-state index contributed by atoms with van der Waals surface area (Å²) in [4.78, 5) is 35.8. The first-order valence-electron chi connectivity index (χ1n) is 6.20. The SMILES string of the molecule is CC(C)(C)OC(=O)N1C(=O)C(C(=O)O)=C(O)C(N)C1CN. The highest BCUT2D eigenvalue weighted by Crippen LogP contribution is 2.24. The smallest absolute Gasteiger partial charge is 0.417 e. The number of aliphatic carboxylic acids is 1. The van der Waals surface area contributed by atoms with Crippen molar-refractivity contribution in [2.24, 2.45) is 11.5 Å². The van der Waals surface area contributed by atoms with Gasteiger partial charge in [-0.05, 0) is 20.8 Å². The van der Waals surface area contributed by atoms with E-state index < -0.39 is 47.0 Å². The largest absolute Gasteiger partial charge is 0.509 e. The maximum absolute atomic E-state index is 12.1. The van der Waals surface area contributed by atoms with Crippen molar-refractivity contribution in [2.75, 3.05) is 6.54 Å². The number of nitrogens with zero attached hydrogens (tertiary/aromatic N) is 1. The number of carboxylic acids is 1. The topological polar surface area (TPSA) is 156 Å². The van der Waals surface area contributed by atoms with Crippen LogP contribution < -0.4 is 11.5 Å². The third-order valence-corrected chi connectivity index (χ3v) is 2.80. The van der Waals surface area contributed by atoms with E-state index in [4.69, 9.17) is 21.3 Å². The molecule has 0 saturated heterocycles. The number of aliphatic hydroxyl groups excluding tert-OH is 1. The second-order valence-electron chi connectivity index (χ2n) is 5.55. The molecule has 1 rings (SSSR count). The van der Waals surface area contributed by atoms with Crippen LogP contribution in [0.2, 0.25) is 0 Å². The van der Waals surface area contributed by atoms with Crippen LogP contribution in [-0.2, 0) is 14.3 Å². The Hall–Kier alpha value is -2.13. The van der Waals surface area contributed by atoms with Gasteiger partial charge in [0.1, 0.15) is 11.4 Å². The lowest BCUT2D eigenvalue weighted by molar-refractivity contribution is -0.139. The van der Waals surface area contributed by atoms with Crippen molar-refractivity contribution in [3.8, 4) is 0 Å². The van der Waals surface area contributed by atoms with Crippen LogP contribution >= 0.6 is 0 Å². The Balaban J connectivity index is 3.27. The summed E-state index contributed by atoms with van der Waals surface area (Å²) in [5.41, 5.74) is 9.28. The van der Waals surface area contributed by atoms with Crippen molar-refractivity contribution < 1.29 is 29.3 Å². The second kappa shape index (κ2) is 5.70. The van der Waals surface area contributed by atoms with Gasteiger partial charge in [0.15, 0.2) is 5.57 Å². The molecule has 21 heavy (non-hydrogen) atoms. The minimum atomic E-state index is -1.68. The molecular weight excluding hydrogens is 282 g/mol. The monoisotopic (exact) mass is 301 g/mol. The Morgan fingerprint density at radius 1 is 1.38 bits per heavy atom. The molecule has 1 aliphatic rings. The fourth-order valence-corrected chi connectivity index (χ4v) is 1.87. The number of rotatable bonds is 2. The molecule has 0 aromatic heterocycles. The zero-order valence-corrected chi connectivity index (χ0v) is 12.0. The number of amides is 2. The number of hydrogen-bond acceptors (Lipinski definition) is 7. The van der Waals surface area contributed by atoms with Crippen molar-refractivity contribution >= 4 is 18.0 Å². The maximum atomic E-state index is 12.1. The molecule has 9 heteroatoms. The lowest BCUT2D eigenvalue weighted by Gasteiger charge is -2.37. The molecule has 0 aromatic rings. The summed E-state index contributed by atoms with van der Waals surface area (Å²) in [6.45, 7) is 4.51. The molecule has 0 fully saturated rings. The zero-order valence-electron chi connectivity index (χ0n) is 12.0. The first-order valence-corrected chi connectivity index (χ1v) is 6.20. The molecule has 6 N–H and O–H groups in total. The van der Waals surface area contributed by atoms with Gasteiger partial charge in [-0.3, -0.25) is 4.79 Å². The molecule has 2 atom stereocenters. The molecule has 2 unspecified atom stereocenters. The van der Waals surface area contributed by atoms with Crippen molar-refractivity contribution in [3.05, 3.63) is 11.3 Å². The molecule has 9 nitrogen and oxygen atoms in total. The van der Waals surface area contributed by atoms with Gasteiger partial charge in [0, 0.05) is 6.54 Å². The summed E-state index contributed by atoms with van der Waals surface area (Å²) in [6.07, 6.45) is -1.07. The third-order valence-electron chi connectivity index (χ3n) is 2.80. The number of carbonyl (C=O) groups excluding carboxylic acids is 2. The molecule has 0 aliphatic carbocycles. The number of nitrogens with two attached hydrogens (primary N) is 2. The first-order chi connectivity index (χ1) is 9.51. The van der Waals surface area contributed by atoms with Gasteiger partial charge in [-0.15, -0.1) is 0 Å². The lowest BCUT2D eigenvalue weighted by Crippen LogP contribution is -2.62. The van der Waals surface area contributed by atoms with Crippen molar-refractivity contribution in [2.45, 2.75) is 38.5 Å². The van der Waals surface area contributed by atoms with Gasteiger partial charge in [-0.1, -0.05) is 0 Å². The van der Waals surface area contributed by atoms with E-state index in [1.54, 1.807) is 20.8 Å². The summed E-state index contributed by atoms with van der Waals surface area (Å²) < 4.78 is 5.05. The van der Waals surface area contributed by atoms with E-state index in [0.717, 1.165) is 0 Å². The minimum absolute atomic E-state index is 0.247. The van der Waals surface area contributed by atoms with Crippen molar-refractivity contribution in [1.29, 1.82) is 0 Å². The van der Waals surface area contributed by atoms with Gasteiger partial charge in [0.05, 0.1) is 12.1 Å². The summed E-state index contributed by atoms with van der Waals surface area (Å²) in [5.74, 6) is -3.69. The maximum Gasteiger partial charge on any atom is 0.417 e. The number of ether oxygens (including phenoxy) is 1. The van der Waals surface area contributed by atoms with Gasteiger partial charge in [0.25, 0.3) is 5.91 Å². The summed E-state index contributed by atoms with van der Waals surface area (Å²) in [6, 6.07) is -2.37. The highest BCUT2D eigenvalue weighted by molar-refractivity contribution is 6.20. The molecule has 0 aromatic carbocycles. The van der Waals surface area contributed by atoms with E-state index in [2.05, 4.69) is 0 Å². The molecule has 1 aliphatic heterocycles. The number of carboxylic acid groups (broad SMARTS) is 1. The van der Waals surface area contributed by atoms with Crippen LogP contribution in [0, 0.1) is 0 Å². The Morgan fingerprint density at radius 2 is 1.90 bits per heavy atom. The van der Waals surface area contributed by atoms with E-state index in [1.807, 2.05) is 0 Å². The second-order valence-corrected chi connectivity index (χ2v) is 5.55. The fourth-order valence-electron chi connectivity index (χ4n) is 1.87. The molecule has 1 heterocycles. The molecule has 118 valence electrons. The highest BCUT2D eigenvalue weighted by Gasteiger charge is 2.46. The predicted octanol–water partition coefficient (Wildman–Crippen LogP) is -0.685. The highest BCUT2D eigenvalue weighted by atomic mass is 16.6. The van der Waals surface area contributed by atoms with Crippen LogP contribution in [0.4, 0.5) is 4.79 Å². The summed E-state index contributed by atoms with van der Waals surface area (Å²) >= 11 is 0. The quantitative estimate of drug-likeness (QED) is 0.488. The molecule has 0 bridgehead atoms. The summed E-state index contributed by atoms with van der Waals surface area (Å²) in [7, 11) is 0. The normalized spacial score (nSPS) is 23.3. The van der Waals surface area contributed by atoms with Crippen molar-refractivity contribution in [1.82, 2.24) is 4.90 Å². The van der Waals surface area contributed by atoms with Crippen molar-refractivity contribution in [3.63, 3.8) is 0 Å². The molecule has 2 amide bonds. The van der Waals surface area contributed by atoms with E-state index in [0.29, 0.717) is 4.90 Å². The molecular formula is C12H19N3O6. The zero-order chi connectivity index (χ0) is 16.5. The van der Waals surface area contributed by atoms with Crippen LogP contribution in [0.1, 0.15) is 20.8 Å². The first kappa shape index (κ1) is 16.9. The average Bonchev–Trinajstić information content (AvgIpc) is 2.30. The fraction of sp³-hybridized carbons (Fsp3) is 0.583. The Labute approximate surface area is 121 Å². The molecule has 0 spiro atoms. The third kappa shape index (κ3) is 3.31. The van der Waals surface area contributed by atoms with E-state index in [9.17, 15) is 19.5 Å².